The molecule has 8 heteroatoms. The average molecular weight is 420 g/mol. The maximum absolute atomic E-state index is 13.2. The standard InChI is InChI=1S/C23H29N7O/c1-15(2)28-9-11-29(12-10-28)20-16(3)13-18(14-17(20)4)22(31)30-23(24)26-21(27-30)19-7-5-6-8-25-19/h5-8,13-15H,9-12H2,1-4H3,(H2,24,26,27). The highest BCUT2D eigenvalue weighted by atomic mass is 16.2. The van der Waals surface area contributed by atoms with Gasteiger partial charge >= 0.3 is 0 Å². The maximum Gasteiger partial charge on any atom is 0.281 e. The molecule has 0 unspecified atom stereocenters. The number of pyridine rings is 1. The van der Waals surface area contributed by atoms with Gasteiger partial charge in [0.2, 0.25) is 11.8 Å². The number of hydrogen-bond acceptors (Lipinski definition) is 7. The lowest BCUT2D eigenvalue weighted by Gasteiger charge is -2.39. The Balaban J connectivity index is 1.59. The van der Waals surface area contributed by atoms with Gasteiger partial charge in [0.1, 0.15) is 5.69 Å². The molecule has 0 radical (unpaired) electrons. The van der Waals surface area contributed by atoms with Crippen LogP contribution in [0.25, 0.3) is 11.5 Å². The number of rotatable bonds is 4. The van der Waals surface area contributed by atoms with E-state index < -0.39 is 0 Å². The Hall–Kier alpha value is -3.26. The van der Waals surface area contributed by atoms with Crippen molar-refractivity contribution in [2.45, 2.75) is 33.7 Å². The first-order valence-electron chi connectivity index (χ1n) is 10.6. The highest BCUT2D eigenvalue weighted by molar-refractivity contribution is 5.98. The van der Waals surface area contributed by atoms with E-state index in [1.807, 2.05) is 24.3 Å². The third-order valence-corrected chi connectivity index (χ3v) is 5.82. The van der Waals surface area contributed by atoms with Crippen LogP contribution in [0.4, 0.5) is 11.6 Å². The molecule has 0 atom stereocenters. The van der Waals surface area contributed by atoms with E-state index in [1.165, 1.54) is 5.69 Å². The van der Waals surface area contributed by atoms with Gasteiger partial charge in [0.15, 0.2) is 0 Å². The molecular weight excluding hydrogens is 390 g/mol. The van der Waals surface area contributed by atoms with E-state index >= 15 is 0 Å². The number of nitrogen functional groups attached to an aromatic ring is 1. The van der Waals surface area contributed by atoms with Gasteiger partial charge in [-0.05, 0) is 63.1 Å². The third kappa shape index (κ3) is 4.16. The fourth-order valence-electron chi connectivity index (χ4n) is 4.24. The number of aryl methyl sites for hydroxylation is 2. The lowest BCUT2D eigenvalue weighted by Crippen LogP contribution is -2.49. The Morgan fingerprint density at radius 2 is 1.74 bits per heavy atom. The van der Waals surface area contributed by atoms with Crippen molar-refractivity contribution in [2.24, 2.45) is 0 Å². The SMILES string of the molecule is Cc1cc(C(=O)n2nc(-c3ccccn3)nc2N)cc(C)c1N1CCN(C(C)C)CC1. The summed E-state index contributed by atoms with van der Waals surface area (Å²) in [6.07, 6.45) is 1.65. The first kappa shape index (κ1) is 21.0. The van der Waals surface area contributed by atoms with Crippen molar-refractivity contribution < 1.29 is 4.79 Å². The Labute approximate surface area is 182 Å². The van der Waals surface area contributed by atoms with Gasteiger partial charge in [0, 0.05) is 49.7 Å². The van der Waals surface area contributed by atoms with E-state index in [0.29, 0.717) is 23.1 Å². The molecule has 8 nitrogen and oxygen atoms in total. The molecule has 0 aliphatic carbocycles. The molecular formula is C23H29N7O. The number of nitrogens with zero attached hydrogens (tertiary/aromatic N) is 6. The minimum atomic E-state index is -0.297. The maximum atomic E-state index is 13.2. The lowest BCUT2D eigenvalue weighted by molar-refractivity contribution is 0.0948. The van der Waals surface area contributed by atoms with Crippen molar-refractivity contribution >= 4 is 17.5 Å². The molecule has 3 aromatic rings. The summed E-state index contributed by atoms with van der Waals surface area (Å²) in [5.74, 6) is 0.0870. The number of nitrogens with two attached hydrogens (primary N) is 1. The first-order chi connectivity index (χ1) is 14.8. The summed E-state index contributed by atoms with van der Waals surface area (Å²) in [4.78, 5) is 26.5. The zero-order valence-corrected chi connectivity index (χ0v) is 18.5. The largest absolute Gasteiger partial charge is 0.369 e. The van der Waals surface area contributed by atoms with Gasteiger partial charge in [-0.15, -0.1) is 5.10 Å². The van der Waals surface area contributed by atoms with Crippen LogP contribution in [0.15, 0.2) is 36.5 Å². The Morgan fingerprint density at radius 3 is 2.32 bits per heavy atom. The van der Waals surface area contributed by atoms with E-state index in [1.54, 1.807) is 12.3 Å². The average Bonchev–Trinajstić information content (AvgIpc) is 3.15. The van der Waals surface area contributed by atoms with E-state index in [0.717, 1.165) is 42.0 Å². The topological polar surface area (TPSA) is 93.2 Å². The number of aromatic nitrogens is 4. The van der Waals surface area contributed by atoms with Gasteiger partial charge in [-0.3, -0.25) is 14.7 Å². The Kier molecular flexibility index (Phi) is 5.73. The summed E-state index contributed by atoms with van der Waals surface area (Å²) in [5.41, 5.74) is 10.5. The fourth-order valence-corrected chi connectivity index (χ4v) is 4.24. The number of piperazine rings is 1. The van der Waals surface area contributed by atoms with E-state index in [2.05, 4.69) is 52.6 Å². The molecule has 2 aromatic heterocycles. The van der Waals surface area contributed by atoms with Gasteiger partial charge in [0.25, 0.3) is 5.91 Å². The molecule has 1 aliphatic rings. The summed E-state index contributed by atoms with van der Waals surface area (Å²) >= 11 is 0. The number of carbonyl (C=O) groups is 1. The predicted molar refractivity (Wildman–Crippen MR) is 122 cm³/mol. The van der Waals surface area contributed by atoms with Crippen molar-refractivity contribution in [1.82, 2.24) is 24.6 Å². The molecule has 4 rings (SSSR count). The fraction of sp³-hybridized carbons (Fsp3) is 0.391. The molecule has 0 saturated carbocycles. The Morgan fingerprint density at radius 1 is 1.06 bits per heavy atom. The van der Waals surface area contributed by atoms with Crippen molar-refractivity contribution in [1.29, 1.82) is 0 Å². The van der Waals surface area contributed by atoms with E-state index in [4.69, 9.17) is 5.73 Å². The van der Waals surface area contributed by atoms with Crippen LogP contribution in [-0.2, 0) is 0 Å². The van der Waals surface area contributed by atoms with E-state index in [9.17, 15) is 4.79 Å². The highest BCUT2D eigenvalue weighted by Crippen LogP contribution is 2.28. The van der Waals surface area contributed by atoms with Crippen LogP contribution in [-0.4, -0.2) is 62.8 Å². The molecule has 3 heterocycles. The molecule has 2 N–H and O–H groups in total. The van der Waals surface area contributed by atoms with Gasteiger partial charge in [-0.1, -0.05) is 6.07 Å². The lowest BCUT2D eigenvalue weighted by atomic mass is 10.0. The van der Waals surface area contributed by atoms with Gasteiger partial charge < -0.3 is 10.6 Å². The van der Waals surface area contributed by atoms with Crippen LogP contribution in [0.2, 0.25) is 0 Å². The first-order valence-corrected chi connectivity index (χ1v) is 10.6. The number of benzene rings is 1. The summed E-state index contributed by atoms with van der Waals surface area (Å²) in [6, 6.07) is 9.83. The monoisotopic (exact) mass is 419 g/mol. The van der Waals surface area contributed by atoms with Crippen LogP contribution >= 0.6 is 0 Å². The number of hydrogen-bond donors (Lipinski definition) is 1. The smallest absolute Gasteiger partial charge is 0.281 e. The van der Waals surface area contributed by atoms with Gasteiger partial charge in [-0.25, -0.2) is 0 Å². The van der Waals surface area contributed by atoms with Crippen LogP contribution < -0.4 is 10.6 Å². The molecule has 162 valence electrons. The van der Waals surface area contributed by atoms with Gasteiger partial charge in [-0.2, -0.15) is 9.67 Å². The van der Waals surface area contributed by atoms with Crippen molar-refractivity contribution in [3.8, 4) is 11.5 Å². The van der Waals surface area contributed by atoms with Crippen molar-refractivity contribution in [3.05, 3.63) is 53.2 Å². The normalized spacial score (nSPS) is 14.9. The number of anilines is 2. The second-order valence-electron chi connectivity index (χ2n) is 8.30. The molecule has 1 fully saturated rings. The Bertz CT molecular complexity index is 1060. The molecule has 1 aromatic carbocycles. The summed E-state index contributed by atoms with van der Waals surface area (Å²) in [5, 5.41) is 4.31. The summed E-state index contributed by atoms with van der Waals surface area (Å²) in [6.45, 7) is 12.6. The summed E-state index contributed by atoms with van der Waals surface area (Å²) in [7, 11) is 0. The number of carbonyl (C=O) groups excluding carboxylic acids is 1. The van der Waals surface area contributed by atoms with Crippen LogP contribution in [0.3, 0.4) is 0 Å². The minimum Gasteiger partial charge on any atom is -0.369 e. The van der Waals surface area contributed by atoms with E-state index in [-0.39, 0.29) is 11.9 Å². The predicted octanol–water partition coefficient (Wildman–Crippen LogP) is 2.76. The van der Waals surface area contributed by atoms with Crippen LogP contribution in [0.5, 0.6) is 0 Å². The zero-order valence-electron chi connectivity index (χ0n) is 18.5. The summed E-state index contributed by atoms with van der Waals surface area (Å²) < 4.78 is 1.15. The second-order valence-corrected chi connectivity index (χ2v) is 8.30. The molecule has 0 spiro atoms. The zero-order chi connectivity index (χ0) is 22.1. The van der Waals surface area contributed by atoms with Crippen LogP contribution in [0.1, 0.15) is 35.3 Å². The van der Waals surface area contributed by atoms with Crippen LogP contribution in [0, 0.1) is 13.8 Å². The molecule has 0 bridgehead atoms. The minimum absolute atomic E-state index is 0.0508. The highest BCUT2D eigenvalue weighted by Gasteiger charge is 2.23. The third-order valence-electron chi connectivity index (χ3n) is 5.82. The molecule has 31 heavy (non-hydrogen) atoms. The van der Waals surface area contributed by atoms with Crippen molar-refractivity contribution in [3.63, 3.8) is 0 Å². The van der Waals surface area contributed by atoms with Crippen molar-refractivity contribution in [2.75, 3.05) is 36.8 Å². The molecule has 0 amide bonds. The quantitative estimate of drug-likeness (QED) is 0.695. The molecule has 1 aliphatic heterocycles. The van der Waals surface area contributed by atoms with Gasteiger partial charge in [0.05, 0.1) is 0 Å². The second kappa shape index (κ2) is 8.47. The molecule has 1 saturated heterocycles.